The van der Waals surface area contributed by atoms with E-state index < -0.39 is 17.7 Å². The molecule has 0 spiro atoms. The molecule has 1 fully saturated rings. The highest BCUT2D eigenvalue weighted by Gasteiger charge is 2.55. The SMILES string of the molecule is CC1C(=O)N(CC2CCC(O)(C(F)(F)F)CC2)C2=C1C=CC(=O)C2C(C)C. The number of allylic oxidation sites excluding steroid dienone is 3. The van der Waals surface area contributed by atoms with Gasteiger partial charge in [0, 0.05) is 12.2 Å². The van der Waals surface area contributed by atoms with Gasteiger partial charge in [0.1, 0.15) is 0 Å². The van der Waals surface area contributed by atoms with E-state index in [1.807, 2.05) is 13.8 Å². The quantitative estimate of drug-likeness (QED) is 0.807. The van der Waals surface area contributed by atoms with Gasteiger partial charge in [-0.1, -0.05) is 19.9 Å². The highest BCUT2D eigenvalue weighted by molar-refractivity contribution is 6.00. The second-order valence-electron chi connectivity index (χ2n) is 8.44. The van der Waals surface area contributed by atoms with Crippen molar-refractivity contribution in [3.8, 4) is 0 Å². The summed E-state index contributed by atoms with van der Waals surface area (Å²) in [5, 5.41) is 9.85. The van der Waals surface area contributed by atoms with E-state index in [2.05, 4.69) is 0 Å². The lowest BCUT2D eigenvalue weighted by molar-refractivity contribution is -0.272. The first-order valence-electron chi connectivity index (χ1n) is 9.52. The molecule has 0 saturated heterocycles. The largest absolute Gasteiger partial charge is 0.417 e. The second kappa shape index (κ2) is 6.76. The van der Waals surface area contributed by atoms with Gasteiger partial charge in [-0.05, 0) is 56.1 Å². The zero-order chi connectivity index (χ0) is 20.1. The van der Waals surface area contributed by atoms with E-state index in [1.54, 1.807) is 17.9 Å². The number of ketones is 1. The lowest BCUT2D eigenvalue weighted by Gasteiger charge is -2.39. The lowest BCUT2D eigenvalue weighted by Crippen LogP contribution is -2.49. The number of rotatable bonds is 3. The Morgan fingerprint density at radius 3 is 2.33 bits per heavy atom. The first-order chi connectivity index (χ1) is 12.5. The van der Waals surface area contributed by atoms with Crippen molar-refractivity contribution in [2.75, 3.05) is 6.54 Å². The molecule has 0 radical (unpaired) electrons. The molecule has 0 aromatic heterocycles. The van der Waals surface area contributed by atoms with Gasteiger partial charge in [0.2, 0.25) is 5.91 Å². The third-order valence-corrected chi connectivity index (χ3v) is 6.29. The van der Waals surface area contributed by atoms with E-state index in [0.29, 0.717) is 6.54 Å². The number of aliphatic hydroxyl groups is 1. The summed E-state index contributed by atoms with van der Waals surface area (Å²) in [7, 11) is 0. The minimum atomic E-state index is -4.63. The molecule has 1 saturated carbocycles. The predicted molar refractivity (Wildman–Crippen MR) is 93.3 cm³/mol. The first kappa shape index (κ1) is 20.1. The Morgan fingerprint density at radius 1 is 1.22 bits per heavy atom. The van der Waals surface area contributed by atoms with Gasteiger partial charge in [0.15, 0.2) is 11.4 Å². The van der Waals surface area contributed by atoms with Gasteiger partial charge >= 0.3 is 6.18 Å². The molecule has 2 aliphatic carbocycles. The van der Waals surface area contributed by atoms with Gasteiger partial charge in [0.05, 0.1) is 11.8 Å². The first-order valence-corrected chi connectivity index (χ1v) is 9.52. The van der Waals surface area contributed by atoms with Crippen molar-refractivity contribution < 1.29 is 27.9 Å². The maximum absolute atomic E-state index is 13.0. The van der Waals surface area contributed by atoms with Crippen LogP contribution in [0.5, 0.6) is 0 Å². The summed E-state index contributed by atoms with van der Waals surface area (Å²) >= 11 is 0. The minimum absolute atomic E-state index is 0.0229. The van der Waals surface area contributed by atoms with E-state index in [-0.39, 0.29) is 55.1 Å². The molecular weight excluding hydrogens is 359 g/mol. The Morgan fingerprint density at radius 2 is 1.81 bits per heavy atom. The number of amides is 1. The van der Waals surface area contributed by atoms with Crippen LogP contribution < -0.4 is 0 Å². The average Bonchev–Trinajstić information content (AvgIpc) is 2.80. The number of nitrogens with zero attached hydrogens (tertiary/aromatic N) is 1. The van der Waals surface area contributed by atoms with Gasteiger partial charge in [-0.25, -0.2) is 0 Å². The number of alkyl halides is 3. The molecule has 3 rings (SSSR count). The van der Waals surface area contributed by atoms with Crippen molar-refractivity contribution in [3.63, 3.8) is 0 Å². The van der Waals surface area contributed by atoms with Crippen LogP contribution in [0.2, 0.25) is 0 Å². The zero-order valence-corrected chi connectivity index (χ0v) is 15.8. The van der Waals surface area contributed by atoms with Crippen LogP contribution in [-0.4, -0.2) is 40.0 Å². The smallest absolute Gasteiger partial charge is 0.380 e. The van der Waals surface area contributed by atoms with Gasteiger partial charge in [-0.3, -0.25) is 9.59 Å². The molecule has 1 N–H and O–H groups in total. The number of carbonyl (C=O) groups is 2. The Kier molecular flexibility index (Phi) is 5.04. The van der Waals surface area contributed by atoms with Crippen molar-refractivity contribution in [2.45, 2.75) is 58.2 Å². The molecule has 4 nitrogen and oxygen atoms in total. The van der Waals surface area contributed by atoms with E-state index in [0.717, 1.165) is 11.3 Å². The van der Waals surface area contributed by atoms with Crippen molar-refractivity contribution in [2.24, 2.45) is 23.7 Å². The summed E-state index contributed by atoms with van der Waals surface area (Å²) < 4.78 is 39.0. The van der Waals surface area contributed by atoms with Gasteiger partial charge in [-0.2, -0.15) is 13.2 Å². The van der Waals surface area contributed by atoms with Crippen LogP contribution in [0.3, 0.4) is 0 Å². The number of halogens is 3. The van der Waals surface area contributed by atoms with Crippen LogP contribution in [0.1, 0.15) is 46.5 Å². The summed E-state index contributed by atoms with van der Waals surface area (Å²) in [6.07, 6.45) is -1.69. The van der Waals surface area contributed by atoms with Crippen LogP contribution in [0, 0.1) is 23.7 Å². The van der Waals surface area contributed by atoms with Crippen molar-refractivity contribution in [1.29, 1.82) is 0 Å². The van der Waals surface area contributed by atoms with E-state index >= 15 is 0 Å². The fourth-order valence-electron chi connectivity index (χ4n) is 4.56. The number of hydrogen-bond donors (Lipinski definition) is 1. The molecular formula is C20H26F3NO3. The Balaban J connectivity index is 1.79. The molecule has 1 aliphatic heterocycles. The molecule has 7 heteroatoms. The maximum atomic E-state index is 13.0. The highest BCUT2D eigenvalue weighted by atomic mass is 19.4. The third-order valence-electron chi connectivity index (χ3n) is 6.29. The monoisotopic (exact) mass is 385 g/mol. The van der Waals surface area contributed by atoms with E-state index in [4.69, 9.17) is 0 Å². The van der Waals surface area contributed by atoms with Gasteiger partial charge in [0.25, 0.3) is 0 Å². The number of carbonyl (C=O) groups excluding carboxylic acids is 2. The molecule has 2 atom stereocenters. The van der Waals surface area contributed by atoms with E-state index in [9.17, 15) is 27.9 Å². The molecule has 1 heterocycles. The number of hydrogen-bond acceptors (Lipinski definition) is 3. The fraction of sp³-hybridized carbons (Fsp3) is 0.700. The van der Waals surface area contributed by atoms with E-state index in [1.165, 1.54) is 6.08 Å². The summed E-state index contributed by atoms with van der Waals surface area (Å²) in [5.41, 5.74) is -1.05. The summed E-state index contributed by atoms with van der Waals surface area (Å²) in [6.45, 7) is 5.98. The molecule has 2 unspecified atom stereocenters. The highest BCUT2D eigenvalue weighted by Crippen LogP contribution is 2.45. The van der Waals surface area contributed by atoms with Crippen LogP contribution in [0.25, 0.3) is 0 Å². The van der Waals surface area contributed by atoms with Crippen LogP contribution in [0.4, 0.5) is 13.2 Å². The maximum Gasteiger partial charge on any atom is 0.417 e. The zero-order valence-electron chi connectivity index (χ0n) is 15.8. The van der Waals surface area contributed by atoms with Crippen LogP contribution in [0.15, 0.2) is 23.4 Å². The molecule has 3 aliphatic rings. The van der Waals surface area contributed by atoms with Crippen molar-refractivity contribution in [3.05, 3.63) is 23.4 Å². The minimum Gasteiger partial charge on any atom is -0.380 e. The second-order valence-corrected chi connectivity index (χ2v) is 8.44. The van der Waals surface area contributed by atoms with Gasteiger partial charge in [-0.15, -0.1) is 0 Å². The molecule has 27 heavy (non-hydrogen) atoms. The molecule has 0 aromatic rings. The summed E-state index contributed by atoms with van der Waals surface area (Å²) in [6, 6.07) is 0. The molecule has 1 amide bonds. The molecule has 0 aromatic carbocycles. The van der Waals surface area contributed by atoms with Crippen molar-refractivity contribution >= 4 is 11.7 Å². The predicted octanol–water partition coefficient (Wildman–Crippen LogP) is 3.61. The Hall–Kier alpha value is -1.63. The average molecular weight is 385 g/mol. The fourth-order valence-corrected chi connectivity index (χ4v) is 4.56. The summed E-state index contributed by atoms with van der Waals surface area (Å²) in [4.78, 5) is 26.9. The van der Waals surface area contributed by atoms with Crippen molar-refractivity contribution in [1.82, 2.24) is 4.90 Å². The Labute approximate surface area is 157 Å². The molecule has 0 bridgehead atoms. The van der Waals surface area contributed by atoms with Crippen LogP contribution in [-0.2, 0) is 9.59 Å². The van der Waals surface area contributed by atoms with Crippen LogP contribution >= 0.6 is 0 Å². The third kappa shape index (κ3) is 3.35. The Bertz CT molecular complexity index is 700. The standard InChI is InChI=1S/C20H26F3NO3/c1-11(2)16-15(25)5-4-14-12(3)18(26)24(17(14)16)10-13-6-8-19(27,9-7-13)20(21,22)23/h4-5,11-13,16,27H,6-10H2,1-3H3. The molecule has 150 valence electrons. The van der Waals surface area contributed by atoms with Gasteiger partial charge < -0.3 is 10.0 Å². The summed E-state index contributed by atoms with van der Waals surface area (Å²) in [5.74, 6) is -0.970. The normalized spacial score (nSPS) is 34.7. The lowest BCUT2D eigenvalue weighted by atomic mass is 9.77. The topological polar surface area (TPSA) is 57.6 Å².